The quantitative estimate of drug-likeness (QED) is 0.840. The van der Waals surface area contributed by atoms with Gasteiger partial charge in [-0.2, -0.15) is 0 Å². The summed E-state index contributed by atoms with van der Waals surface area (Å²) in [7, 11) is 0. The van der Waals surface area contributed by atoms with Gasteiger partial charge in [-0.1, -0.05) is 24.3 Å². The lowest BCUT2D eigenvalue weighted by molar-refractivity contribution is 0.229. The van der Waals surface area contributed by atoms with Gasteiger partial charge in [0.05, 0.1) is 6.04 Å². The standard InChI is InChI=1S/C17H17F2N2/c18-15-5-1-13(2-6-15)17(21-11-9-20-10-12-21)14-3-7-16(19)8-4-14/h1-8,17H,9-12H2/q-1. The van der Waals surface area contributed by atoms with Gasteiger partial charge in [0.15, 0.2) is 0 Å². The first-order valence-corrected chi connectivity index (χ1v) is 7.12. The van der Waals surface area contributed by atoms with Crippen molar-refractivity contribution in [1.82, 2.24) is 4.90 Å². The highest BCUT2D eigenvalue weighted by Crippen LogP contribution is 2.30. The van der Waals surface area contributed by atoms with Gasteiger partial charge in [-0.05, 0) is 48.5 Å². The Kier molecular flexibility index (Phi) is 4.27. The smallest absolute Gasteiger partial charge is 0.123 e. The van der Waals surface area contributed by atoms with E-state index in [4.69, 9.17) is 0 Å². The molecule has 1 heterocycles. The van der Waals surface area contributed by atoms with Crippen LogP contribution in [0, 0.1) is 11.6 Å². The summed E-state index contributed by atoms with van der Waals surface area (Å²) in [6.45, 7) is 3.33. The van der Waals surface area contributed by atoms with Crippen LogP contribution in [0.15, 0.2) is 48.5 Å². The Labute approximate surface area is 123 Å². The number of benzene rings is 2. The predicted octanol–water partition coefficient (Wildman–Crippen LogP) is 3.74. The van der Waals surface area contributed by atoms with E-state index in [1.54, 1.807) is 24.3 Å². The normalized spacial score (nSPS) is 16.3. The van der Waals surface area contributed by atoms with Crippen molar-refractivity contribution >= 4 is 0 Å². The molecule has 0 radical (unpaired) electrons. The second-order valence-corrected chi connectivity index (χ2v) is 5.21. The fourth-order valence-electron chi connectivity index (χ4n) is 2.78. The molecule has 0 unspecified atom stereocenters. The molecule has 0 bridgehead atoms. The molecule has 0 aromatic heterocycles. The van der Waals surface area contributed by atoms with Crippen molar-refractivity contribution in [2.24, 2.45) is 0 Å². The lowest BCUT2D eigenvalue weighted by atomic mass is 9.96. The zero-order valence-electron chi connectivity index (χ0n) is 11.7. The summed E-state index contributed by atoms with van der Waals surface area (Å²) >= 11 is 0. The lowest BCUT2D eigenvalue weighted by Gasteiger charge is -2.40. The van der Waals surface area contributed by atoms with Crippen LogP contribution in [0.2, 0.25) is 0 Å². The Bertz CT molecular complexity index is 529. The van der Waals surface area contributed by atoms with Gasteiger partial charge in [0.1, 0.15) is 11.6 Å². The number of halogens is 2. The maximum atomic E-state index is 13.2. The van der Waals surface area contributed by atoms with Crippen LogP contribution < -0.4 is 0 Å². The van der Waals surface area contributed by atoms with Crippen LogP contribution in [0.25, 0.3) is 5.32 Å². The van der Waals surface area contributed by atoms with Crippen molar-refractivity contribution in [1.29, 1.82) is 0 Å². The third-order valence-electron chi connectivity index (χ3n) is 3.83. The fourth-order valence-corrected chi connectivity index (χ4v) is 2.78. The van der Waals surface area contributed by atoms with Gasteiger partial charge < -0.3 is 5.32 Å². The molecule has 1 fully saturated rings. The van der Waals surface area contributed by atoms with Crippen molar-refractivity contribution < 1.29 is 8.78 Å². The van der Waals surface area contributed by atoms with E-state index in [2.05, 4.69) is 10.2 Å². The Morgan fingerprint density at radius 1 is 0.762 bits per heavy atom. The van der Waals surface area contributed by atoms with Crippen LogP contribution in [-0.2, 0) is 0 Å². The summed E-state index contributed by atoms with van der Waals surface area (Å²) in [6, 6.07) is 13.1. The lowest BCUT2D eigenvalue weighted by Crippen LogP contribution is -2.37. The predicted molar refractivity (Wildman–Crippen MR) is 79.3 cm³/mol. The highest BCUT2D eigenvalue weighted by atomic mass is 19.1. The topological polar surface area (TPSA) is 17.3 Å². The zero-order chi connectivity index (χ0) is 14.7. The van der Waals surface area contributed by atoms with Gasteiger partial charge in [-0.3, -0.25) is 4.90 Å². The van der Waals surface area contributed by atoms with Gasteiger partial charge in [0, 0.05) is 0 Å². The van der Waals surface area contributed by atoms with Crippen LogP contribution in [0.3, 0.4) is 0 Å². The van der Waals surface area contributed by atoms with E-state index in [9.17, 15) is 8.78 Å². The molecule has 110 valence electrons. The van der Waals surface area contributed by atoms with E-state index in [1.165, 1.54) is 24.3 Å². The molecule has 0 N–H and O–H groups in total. The summed E-state index contributed by atoms with van der Waals surface area (Å²) < 4.78 is 26.3. The zero-order valence-corrected chi connectivity index (χ0v) is 11.7. The first kappa shape index (κ1) is 14.2. The molecule has 0 aliphatic carbocycles. The van der Waals surface area contributed by atoms with E-state index in [0.717, 1.165) is 37.3 Å². The van der Waals surface area contributed by atoms with Crippen molar-refractivity contribution in [3.05, 3.63) is 76.6 Å². The van der Waals surface area contributed by atoms with Gasteiger partial charge in [0.25, 0.3) is 0 Å². The second kappa shape index (κ2) is 6.33. The van der Waals surface area contributed by atoms with E-state index in [0.29, 0.717) is 0 Å². The average molecular weight is 287 g/mol. The minimum absolute atomic E-state index is 0.0155. The molecule has 1 saturated heterocycles. The van der Waals surface area contributed by atoms with Gasteiger partial charge >= 0.3 is 0 Å². The van der Waals surface area contributed by atoms with E-state index < -0.39 is 0 Å². The molecule has 21 heavy (non-hydrogen) atoms. The van der Waals surface area contributed by atoms with Crippen LogP contribution in [0.5, 0.6) is 0 Å². The molecule has 2 aromatic rings. The molecule has 0 amide bonds. The maximum absolute atomic E-state index is 13.2. The number of hydrogen-bond acceptors (Lipinski definition) is 1. The Morgan fingerprint density at radius 3 is 1.62 bits per heavy atom. The van der Waals surface area contributed by atoms with Crippen LogP contribution in [0.1, 0.15) is 17.2 Å². The summed E-state index contributed by atoms with van der Waals surface area (Å²) in [5.74, 6) is -0.490. The molecule has 0 saturated carbocycles. The largest absolute Gasteiger partial charge is 0.660 e. The summed E-state index contributed by atoms with van der Waals surface area (Å²) in [5.41, 5.74) is 2.04. The Hall–Kier alpha value is -1.78. The van der Waals surface area contributed by atoms with Crippen LogP contribution in [0.4, 0.5) is 8.78 Å². The third kappa shape index (κ3) is 3.28. The van der Waals surface area contributed by atoms with Crippen molar-refractivity contribution in [2.45, 2.75) is 6.04 Å². The number of rotatable bonds is 3. The highest BCUT2D eigenvalue weighted by Gasteiger charge is 2.21. The maximum Gasteiger partial charge on any atom is 0.123 e. The highest BCUT2D eigenvalue weighted by molar-refractivity contribution is 5.32. The molecule has 2 nitrogen and oxygen atoms in total. The second-order valence-electron chi connectivity index (χ2n) is 5.21. The summed E-state index contributed by atoms with van der Waals surface area (Å²) in [6.07, 6.45) is 0. The van der Waals surface area contributed by atoms with E-state index in [1.807, 2.05) is 0 Å². The fraction of sp³-hybridized carbons (Fsp3) is 0.294. The molecule has 2 aromatic carbocycles. The number of hydrogen-bond donors (Lipinski definition) is 0. The summed E-state index contributed by atoms with van der Waals surface area (Å²) in [5, 5.41) is 4.36. The summed E-state index contributed by atoms with van der Waals surface area (Å²) in [4.78, 5) is 2.31. The molecule has 1 aliphatic heterocycles. The molecule has 4 heteroatoms. The molecule has 3 rings (SSSR count). The number of piperazine rings is 1. The van der Waals surface area contributed by atoms with Gasteiger partial charge in [-0.25, -0.2) is 8.78 Å². The van der Waals surface area contributed by atoms with E-state index >= 15 is 0 Å². The minimum atomic E-state index is -0.245. The van der Waals surface area contributed by atoms with Crippen molar-refractivity contribution in [3.63, 3.8) is 0 Å². The molecule has 0 spiro atoms. The van der Waals surface area contributed by atoms with Gasteiger partial charge in [-0.15, -0.1) is 13.1 Å². The van der Waals surface area contributed by atoms with Crippen LogP contribution >= 0.6 is 0 Å². The van der Waals surface area contributed by atoms with Crippen molar-refractivity contribution in [3.8, 4) is 0 Å². The SMILES string of the molecule is Fc1ccc(C(c2ccc(F)cc2)N2CC[N-]CC2)cc1. The van der Waals surface area contributed by atoms with Crippen molar-refractivity contribution in [2.75, 3.05) is 26.2 Å². The average Bonchev–Trinajstić information content (AvgIpc) is 2.52. The minimum Gasteiger partial charge on any atom is -0.660 e. The van der Waals surface area contributed by atoms with E-state index in [-0.39, 0.29) is 17.7 Å². The molecule has 1 aliphatic rings. The number of nitrogens with zero attached hydrogens (tertiary/aromatic N) is 2. The Morgan fingerprint density at radius 2 is 1.19 bits per heavy atom. The Balaban J connectivity index is 1.97. The monoisotopic (exact) mass is 287 g/mol. The first-order valence-electron chi connectivity index (χ1n) is 7.12. The first-order chi connectivity index (χ1) is 10.2. The molecule has 0 atom stereocenters. The third-order valence-corrected chi connectivity index (χ3v) is 3.83. The van der Waals surface area contributed by atoms with Crippen LogP contribution in [-0.4, -0.2) is 31.1 Å². The molecular weight excluding hydrogens is 270 g/mol. The van der Waals surface area contributed by atoms with Gasteiger partial charge in [0.2, 0.25) is 0 Å². The molecular formula is C17H17F2N2-.